The van der Waals surface area contributed by atoms with E-state index in [1.165, 1.54) is 6.42 Å². The topological polar surface area (TPSA) is 49.6 Å². The number of urea groups is 1. The van der Waals surface area contributed by atoms with Crippen LogP contribution in [0.5, 0.6) is 0 Å². The highest BCUT2D eigenvalue weighted by Gasteiger charge is 2.29. The third-order valence-corrected chi connectivity index (χ3v) is 2.93. The van der Waals surface area contributed by atoms with Crippen molar-refractivity contribution in [3.05, 3.63) is 0 Å². The van der Waals surface area contributed by atoms with Crippen LogP contribution in [0, 0.1) is 0 Å². The van der Waals surface area contributed by atoms with Crippen LogP contribution in [0.15, 0.2) is 0 Å². The molecular formula is C10H21N3O. The van der Waals surface area contributed by atoms with E-state index in [0.29, 0.717) is 19.1 Å². The summed E-state index contributed by atoms with van der Waals surface area (Å²) in [6.07, 6.45) is 3.53. The summed E-state index contributed by atoms with van der Waals surface area (Å²) in [4.78, 5) is 15.6. The summed E-state index contributed by atoms with van der Waals surface area (Å²) in [6.45, 7) is 3.99. The summed E-state index contributed by atoms with van der Waals surface area (Å²) in [5.74, 6) is 0. The van der Waals surface area contributed by atoms with E-state index >= 15 is 0 Å². The van der Waals surface area contributed by atoms with Crippen LogP contribution in [0.2, 0.25) is 0 Å². The molecule has 2 N–H and O–H groups in total. The molecule has 1 fully saturated rings. The lowest BCUT2D eigenvalue weighted by Gasteiger charge is -2.39. The highest BCUT2D eigenvalue weighted by atomic mass is 16.2. The second kappa shape index (κ2) is 5.20. The molecule has 4 nitrogen and oxygen atoms in total. The largest absolute Gasteiger partial charge is 0.329 e. The number of amides is 2. The molecule has 0 radical (unpaired) electrons. The molecule has 1 saturated carbocycles. The maximum atomic E-state index is 11.9. The van der Waals surface area contributed by atoms with Crippen LogP contribution in [0.25, 0.3) is 0 Å². The van der Waals surface area contributed by atoms with Gasteiger partial charge in [-0.3, -0.25) is 0 Å². The first-order chi connectivity index (χ1) is 6.70. The monoisotopic (exact) mass is 199 g/mol. The van der Waals surface area contributed by atoms with Crippen LogP contribution < -0.4 is 5.73 Å². The highest BCUT2D eigenvalue weighted by Crippen LogP contribution is 2.25. The Morgan fingerprint density at radius 2 is 2.14 bits per heavy atom. The maximum absolute atomic E-state index is 11.9. The van der Waals surface area contributed by atoms with Gasteiger partial charge in [0.25, 0.3) is 0 Å². The Balaban J connectivity index is 2.51. The average Bonchev–Trinajstić information content (AvgIpc) is 2.12. The van der Waals surface area contributed by atoms with Gasteiger partial charge in [0.05, 0.1) is 0 Å². The van der Waals surface area contributed by atoms with E-state index in [4.69, 9.17) is 5.73 Å². The molecule has 82 valence electrons. The SMILES string of the molecule is CCN(C)C(=O)N(CCN)C1CCC1. The predicted octanol–water partition coefficient (Wildman–Crippen LogP) is 0.871. The molecule has 0 saturated heterocycles. The fourth-order valence-corrected chi connectivity index (χ4v) is 1.63. The first-order valence-electron chi connectivity index (χ1n) is 5.42. The Hall–Kier alpha value is -0.770. The second-order valence-electron chi connectivity index (χ2n) is 3.86. The van der Waals surface area contributed by atoms with E-state index in [1.54, 1.807) is 4.90 Å². The molecule has 14 heavy (non-hydrogen) atoms. The third kappa shape index (κ3) is 2.38. The minimum absolute atomic E-state index is 0.127. The zero-order chi connectivity index (χ0) is 10.6. The number of hydrogen-bond acceptors (Lipinski definition) is 2. The normalized spacial score (nSPS) is 16.2. The van der Waals surface area contributed by atoms with Gasteiger partial charge in [0.2, 0.25) is 0 Å². The standard InChI is InChI=1S/C10H21N3O/c1-3-12(2)10(14)13(8-7-11)9-5-4-6-9/h9H,3-8,11H2,1-2H3. The smallest absolute Gasteiger partial charge is 0.320 e. The van der Waals surface area contributed by atoms with Gasteiger partial charge in [-0.1, -0.05) is 0 Å². The van der Waals surface area contributed by atoms with Gasteiger partial charge < -0.3 is 15.5 Å². The Morgan fingerprint density at radius 3 is 2.50 bits per heavy atom. The molecule has 0 spiro atoms. The first kappa shape index (κ1) is 11.3. The van der Waals surface area contributed by atoms with Crippen LogP contribution >= 0.6 is 0 Å². The zero-order valence-electron chi connectivity index (χ0n) is 9.20. The van der Waals surface area contributed by atoms with E-state index in [0.717, 1.165) is 19.4 Å². The van der Waals surface area contributed by atoms with Crippen molar-refractivity contribution in [2.24, 2.45) is 5.73 Å². The lowest BCUT2D eigenvalue weighted by Crippen LogP contribution is -2.51. The number of nitrogens with two attached hydrogens (primary N) is 1. The van der Waals surface area contributed by atoms with Gasteiger partial charge in [0.15, 0.2) is 0 Å². The van der Waals surface area contributed by atoms with Gasteiger partial charge in [0.1, 0.15) is 0 Å². The molecule has 0 aromatic carbocycles. The average molecular weight is 199 g/mol. The molecule has 1 aliphatic carbocycles. The quantitative estimate of drug-likeness (QED) is 0.730. The summed E-state index contributed by atoms with van der Waals surface area (Å²) >= 11 is 0. The number of carbonyl (C=O) groups excluding carboxylic acids is 1. The number of hydrogen-bond donors (Lipinski definition) is 1. The maximum Gasteiger partial charge on any atom is 0.320 e. The molecule has 0 aliphatic heterocycles. The van der Waals surface area contributed by atoms with Crippen LogP contribution in [-0.4, -0.2) is 48.6 Å². The molecule has 2 amide bonds. The Kier molecular flexibility index (Phi) is 4.20. The number of carbonyl (C=O) groups is 1. The summed E-state index contributed by atoms with van der Waals surface area (Å²) in [6, 6.07) is 0.572. The van der Waals surface area contributed by atoms with Gasteiger partial charge in [-0.25, -0.2) is 4.79 Å². The van der Waals surface area contributed by atoms with Crippen molar-refractivity contribution in [2.75, 3.05) is 26.7 Å². The van der Waals surface area contributed by atoms with Crippen molar-refractivity contribution in [1.29, 1.82) is 0 Å². The van der Waals surface area contributed by atoms with Crippen molar-refractivity contribution >= 4 is 6.03 Å². The highest BCUT2D eigenvalue weighted by molar-refractivity contribution is 5.74. The van der Waals surface area contributed by atoms with Gasteiger partial charge in [0, 0.05) is 32.7 Å². The minimum Gasteiger partial charge on any atom is -0.329 e. The Bertz CT molecular complexity index is 192. The van der Waals surface area contributed by atoms with E-state index in [1.807, 2.05) is 18.9 Å². The van der Waals surface area contributed by atoms with Crippen LogP contribution in [-0.2, 0) is 0 Å². The molecule has 0 unspecified atom stereocenters. The Labute approximate surface area is 86.0 Å². The fraction of sp³-hybridized carbons (Fsp3) is 0.900. The van der Waals surface area contributed by atoms with Crippen LogP contribution in [0.3, 0.4) is 0 Å². The third-order valence-electron chi connectivity index (χ3n) is 2.93. The fourth-order valence-electron chi connectivity index (χ4n) is 1.63. The molecule has 1 aliphatic rings. The molecule has 1 rings (SSSR count). The molecule has 0 aromatic heterocycles. The first-order valence-corrected chi connectivity index (χ1v) is 5.42. The van der Waals surface area contributed by atoms with Crippen molar-refractivity contribution in [2.45, 2.75) is 32.2 Å². The minimum atomic E-state index is 0.127. The number of rotatable bonds is 4. The van der Waals surface area contributed by atoms with Gasteiger partial charge >= 0.3 is 6.03 Å². The molecule has 0 aromatic rings. The lowest BCUT2D eigenvalue weighted by atomic mass is 9.91. The lowest BCUT2D eigenvalue weighted by molar-refractivity contribution is 0.116. The second-order valence-corrected chi connectivity index (χ2v) is 3.86. The molecular weight excluding hydrogens is 178 g/mol. The van der Waals surface area contributed by atoms with Crippen molar-refractivity contribution in [1.82, 2.24) is 9.80 Å². The zero-order valence-corrected chi connectivity index (χ0v) is 9.20. The Morgan fingerprint density at radius 1 is 1.50 bits per heavy atom. The molecule has 4 heteroatoms. The van der Waals surface area contributed by atoms with Gasteiger partial charge in [-0.15, -0.1) is 0 Å². The summed E-state index contributed by atoms with van der Waals surface area (Å²) in [5, 5.41) is 0. The van der Waals surface area contributed by atoms with E-state index in [2.05, 4.69) is 0 Å². The summed E-state index contributed by atoms with van der Waals surface area (Å²) < 4.78 is 0. The van der Waals surface area contributed by atoms with E-state index in [9.17, 15) is 4.79 Å². The predicted molar refractivity (Wildman–Crippen MR) is 57.1 cm³/mol. The van der Waals surface area contributed by atoms with Gasteiger partial charge in [-0.05, 0) is 26.2 Å². The van der Waals surface area contributed by atoms with Crippen molar-refractivity contribution in [3.63, 3.8) is 0 Å². The number of nitrogens with zero attached hydrogens (tertiary/aromatic N) is 2. The van der Waals surface area contributed by atoms with Crippen LogP contribution in [0.4, 0.5) is 4.79 Å². The van der Waals surface area contributed by atoms with E-state index in [-0.39, 0.29) is 6.03 Å². The molecule has 0 atom stereocenters. The van der Waals surface area contributed by atoms with E-state index < -0.39 is 0 Å². The molecule has 0 bridgehead atoms. The van der Waals surface area contributed by atoms with Crippen molar-refractivity contribution in [3.8, 4) is 0 Å². The summed E-state index contributed by atoms with van der Waals surface area (Å²) in [5.41, 5.74) is 5.51. The molecule has 0 heterocycles. The van der Waals surface area contributed by atoms with Gasteiger partial charge in [-0.2, -0.15) is 0 Å². The van der Waals surface area contributed by atoms with Crippen molar-refractivity contribution < 1.29 is 4.79 Å². The summed E-state index contributed by atoms with van der Waals surface area (Å²) in [7, 11) is 1.84. The van der Waals surface area contributed by atoms with Crippen LogP contribution in [0.1, 0.15) is 26.2 Å².